The smallest absolute Gasteiger partial charge is 0.416 e. The van der Waals surface area contributed by atoms with Gasteiger partial charge in [-0.05, 0) is 49.6 Å². The van der Waals surface area contributed by atoms with Gasteiger partial charge in [0.2, 0.25) is 0 Å². The van der Waals surface area contributed by atoms with Crippen LogP contribution in [0, 0.1) is 5.92 Å². The average Bonchev–Trinajstić information content (AvgIpc) is 3.04. The van der Waals surface area contributed by atoms with E-state index in [2.05, 4.69) is 11.8 Å². The summed E-state index contributed by atoms with van der Waals surface area (Å²) in [6, 6.07) is 9.37. The maximum absolute atomic E-state index is 12.7. The Morgan fingerprint density at radius 1 is 1.19 bits per heavy atom. The van der Waals surface area contributed by atoms with Crippen LogP contribution in [-0.2, 0) is 17.5 Å². The van der Waals surface area contributed by atoms with Crippen molar-refractivity contribution in [3.8, 4) is 10.4 Å². The first kappa shape index (κ1) is 18.9. The normalized spacial score (nSPS) is 21.7. The van der Waals surface area contributed by atoms with Crippen LogP contribution in [0.4, 0.5) is 13.2 Å². The Balaban J connectivity index is 1.70. The molecule has 1 fully saturated rings. The van der Waals surface area contributed by atoms with Crippen molar-refractivity contribution in [2.45, 2.75) is 38.5 Å². The molecule has 0 aliphatic carbocycles. The topological polar surface area (TPSA) is 40.5 Å². The van der Waals surface area contributed by atoms with Crippen LogP contribution < -0.4 is 0 Å². The predicted molar refractivity (Wildman–Crippen MR) is 95.0 cm³/mol. The standard InChI is InChI=1S/C19H20F3NO2S/c1-12-2-3-14(18(24)25)10-23(12)11-16-8-9-17(26-16)13-4-6-15(7-5-13)19(20,21)22/h4-9,12,14H,2-3,10-11H2,1H3,(H,24,25). The summed E-state index contributed by atoms with van der Waals surface area (Å²) in [5.74, 6) is -1.08. The van der Waals surface area contributed by atoms with Crippen molar-refractivity contribution in [2.24, 2.45) is 5.92 Å². The molecule has 2 atom stereocenters. The lowest BCUT2D eigenvalue weighted by Crippen LogP contribution is -2.43. The SMILES string of the molecule is CC1CCC(C(=O)O)CN1Cc1ccc(-c2ccc(C(F)(F)F)cc2)s1. The van der Waals surface area contributed by atoms with E-state index < -0.39 is 17.7 Å². The van der Waals surface area contributed by atoms with E-state index in [0.29, 0.717) is 25.6 Å². The first-order chi connectivity index (χ1) is 12.2. The zero-order chi connectivity index (χ0) is 18.9. The Morgan fingerprint density at radius 3 is 2.50 bits per heavy atom. The highest BCUT2D eigenvalue weighted by atomic mass is 32.1. The van der Waals surface area contributed by atoms with Gasteiger partial charge < -0.3 is 5.11 Å². The molecule has 26 heavy (non-hydrogen) atoms. The van der Waals surface area contributed by atoms with Crippen LogP contribution in [0.3, 0.4) is 0 Å². The van der Waals surface area contributed by atoms with Gasteiger partial charge in [-0.3, -0.25) is 9.69 Å². The van der Waals surface area contributed by atoms with E-state index in [0.717, 1.165) is 33.9 Å². The third-order valence-electron chi connectivity index (χ3n) is 4.88. The van der Waals surface area contributed by atoms with E-state index in [1.165, 1.54) is 23.5 Å². The predicted octanol–water partition coefficient (Wildman–Crippen LogP) is 5.12. The summed E-state index contributed by atoms with van der Waals surface area (Å²) < 4.78 is 38.0. The Morgan fingerprint density at radius 2 is 1.88 bits per heavy atom. The molecule has 1 aromatic carbocycles. The van der Waals surface area contributed by atoms with Crippen molar-refractivity contribution in [1.29, 1.82) is 0 Å². The van der Waals surface area contributed by atoms with Crippen LogP contribution in [0.5, 0.6) is 0 Å². The summed E-state index contributed by atoms with van der Waals surface area (Å²) in [4.78, 5) is 15.4. The lowest BCUT2D eigenvalue weighted by molar-refractivity contribution is -0.144. The van der Waals surface area contributed by atoms with E-state index in [4.69, 9.17) is 0 Å². The van der Waals surface area contributed by atoms with Gasteiger partial charge in [-0.15, -0.1) is 11.3 Å². The van der Waals surface area contributed by atoms with E-state index in [9.17, 15) is 23.1 Å². The van der Waals surface area contributed by atoms with Crippen molar-refractivity contribution < 1.29 is 23.1 Å². The first-order valence-electron chi connectivity index (χ1n) is 8.47. The summed E-state index contributed by atoms with van der Waals surface area (Å²) in [5, 5.41) is 9.24. The Bertz CT molecular complexity index is 770. The molecule has 2 aromatic rings. The fourth-order valence-electron chi connectivity index (χ4n) is 3.24. The number of aliphatic carboxylic acids is 1. The highest BCUT2D eigenvalue weighted by Gasteiger charge is 2.31. The number of carbonyl (C=O) groups is 1. The zero-order valence-corrected chi connectivity index (χ0v) is 15.1. The molecule has 2 heterocycles. The van der Waals surface area contributed by atoms with Gasteiger partial charge in [0.25, 0.3) is 0 Å². The number of rotatable bonds is 4. The largest absolute Gasteiger partial charge is 0.481 e. The van der Waals surface area contributed by atoms with Crippen LogP contribution >= 0.6 is 11.3 Å². The number of alkyl halides is 3. The molecular formula is C19H20F3NO2S. The molecule has 1 aliphatic heterocycles. The lowest BCUT2D eigenvalue weighted by atomic mass is 9.93. The van der Waals surface area contributed by atoms with Crippen LogP contribution in [0.15, 0.2) is 36.4 Å². The molecule has 0 spiro atoms. The number of nitrogens with zero attached hydrogens (tertiary/aromatic N) is 1. The molecular weight excluding hydrogens is 363 g/mol. The van der Waals surface area contributed by atoms with E-state index in [-0.39, 0.29) is 5.92 Å². The number of thiophene rings is 1. The second kappa shape index (κ2) is 7.40. The molecule has 1 aromatic heterocycles. The molecule has 140 valence electrons. The van der Waals surface area contributed by atoms with Gasteiger partial charge in [0.05, 0.1) is 11.5 Å². The Hall–Kier alpha value is -1.86. The average molecular weight is 383 g/mol. The molecule has 3 rings (SSSR count). The molecule has 1 saturated heterocycles. The summed E-state index contributed by atoms with van der Waals surface area (Å²) >= 11 is 1.53. The number of piperidine rings is 1. The van der Waals surface area contributed by atoms with Gasteiger partial charge in [0.1, 0.15) is 0 Å². The zero-order valence-electron chi connectivity index (χ0n) is 14.3. The molecule has 3 nitrogen and oxygen atoms in total. The van der Waals surface area contributed by atoms with Crippen molar-refractivity contribution in [3.05, 3.63) is 46.8 Å². The van der Waals surface area contributed by atoms with Crippen molar-refractivity contribution >= 4 is 17.3 Å². The number of likely N-dealkylation sites (tertiary alicyclic amines) is 1. The highest BCUT2D eigenvalue weighted by Crippen LogP contribution is 2.34. The van der Waals surface area contributed by atoms with Crippen LogP contribution in [-0.4, -0.2) is 28.6 Å². The van der Waals surface area contributed by atoms with Crippen molar-refractivity contribution in [1.82, 2.24) is 4.90 Å². The maximum Gasteiger partial charge on any atom is 0.416 e. The number of hydrogen-bond acceptors (Lipinski definition) is 3. The number of carboxylic acid groups (broad SMARTS) is 1. The van der Waals surface area contributed by atoms with Crippen molar-refractivity contribution in [3.63, 3.8) is 0 Å². The minimum atomic E-state index is -4.33. The van der Waals surface area contributed by atoms with E-state index in [1.807, 2.05) is 12.1 Å². The maximum atomic E-state index is 12.7. The fraction of sp³-hybridized carbons (Fsp3) is 0.421. The summed E-state index contributed by atoms with van der Waals surface area (Å²) in [6.45, 7) is 3.29. The molecule has 0 bridgehead atoms. The van der Waals surface area contributed by atoms with E-state index >= 15 is 0 Å². The van der Waals surface area contributed by atoms with Crippen molar-refractivity contribution in [2.75, 3.05) is 6.54 Å². The van der Waals surface area contributed by atoms with Crippen LogP contribution in [0.25, 0.3) is 10.4 Å². The van der Waals surface area contributed by atoms with Gasteiger partial charge in [-0.2, -0.15) is 13.2 Å². The van der Waals surface area contributed by atoms with Gasteiger partial charge in [0, 0.05) is 28.9 Å². The van der Waals surface area contributed by atoms with E-state index in [1.54, 1.807) is 0 Å². The van der Waals surface area contributed by atoms with Gasteiger partial charge >= 0.3 is 12.1 Å². The van der Waals surface area contributed by atoms with Gasteiger partial charge in [-0.25, -0.2) is 0 Å². The lowest BCUT2D eigenvalue weighted by Gasteiger charge is -2.36. The molecule has 1 aliphatic rings. The number of halogens is 3. The minimum Gasteiger partial charge on any atom is -0.481 e. The summed E-state index contributed by atoms with van der Waals surface area (Å²) in [5.41, 5.74) is 0.101. The Kier molecular flexibility index (Phi) is 5.39. The minimum absolute atomic E-state index is 0.321. The quantitative estimate of drug-likeness (QED) is 0.797. The third kappa shape index (κ3) is 4.27. The summed E-state index contributed by atoms with van der Waals surface area (Å²) in [7, 11) is 0. The third-order valence-corrected chi connectivity index (χ3v) is 6.00. The molecule has 0 radical (unpaired) electrons. The molecule has 0 amide bonds. The summed E-state index contributed by atoms with van der Waals surface area (Å²) in [6.07, 6.45) is -2.77. The highest BCUT2D eigenvalue weighted by molar-refractivity contribution is 7.15. The van der Waals surface area contributed by atoms with Gasteiger partial charge in [0.15, 0.2) is 0 Å². The second-order valence-electron chi connectivity index (χ2n) is 6.73. The number of hydrogen-bond donors (Lipinski definition) is 1. The fourth-order valence-corrected chi connectivity index (χ4v) is 4.28. The van der Waals surface area contributed by atoms with Gasteiger partial charge in [-0.1, -0.05) is 12.1 Å². The van der Waals surface area contributed by atoms with Crippen LogP contribution in [0.1, 0.15) is 30.2 Å². The second-order valence-corrected chi connectivity index (χ2v) is 7.90. The molecule has 2 unspecified atom stereocenters. The first-order valence-corrected chi connectivity index (χ1v) is 9.29. The van der Waals surface area contributed by atoms with Crippen LogP contribution in [0.2, 0.25) is 0 Å². The molecule has 7 heteroatoms. The number of benzene rings is 1. The monoisotopic (exact) mass is 383 g/mol. The number of carboxylic acids is 1. The molecule has 1 N–H and O–H groups in total. The Labute approximate surface area is 154 Å². The molecule has 0 saturated carbocycles.